The zero-order valence-electron chi connectivity index (χ0n) is 11.5. The van der Waals surface area contributed by atoms with E-state index in [-0.39, 0.29) is 6.61 Å². The molecule has 0 spiro atoms. The molecule has 1 aromatic heterocycles. The number of aliphatic hydroxyl groups excluding tert-OH is 1. The highest BCUT2D eigenvalue weighted by atomic mass is 16.5. The van der Waals surface area contributed by atoms with Crippen molar-refractivity contribution in [2.24, 2.45) is 0 Å². The summed E-state index contributed by atoms with van der Waals surface area (Å²) in [6.07, 6.45) is 2.30. The van der Waals surface area contributed by atoms with Gasteiger partial charge < -0.3 is 20.5 Å². The molecule has 6 nitrogen and oxygen atoms in total. The van der Waals surface area contributed by atoms with Crippen molar-refractivity contribution < 1.29 is 9.84 Å². The lowest BCUT2D eigenvalue weighted by molar-refractivity contribution is 0.215. The number of likely N-dealkylation sites (N-methyl/N-ethyl adjacent to an activating group) is 1. The van der Waals surface area contributed by atoms with Crippen LogP contribution in [0.2, 0.25) is 0 Å². The van der Waals surface area contributed by atoms with Gasteiger partial charge in [-0.25, -0.2) is 4.98 Å². The molecule has 0 aliphatic heterocycles. The molecule has 3 N–H and O–H groups in total. The van der Waals surface area contributed by atoms with Crippen molar-refractivity contribution in [3.63, 3.8) is 0 Å². The van der Waals surface area contributed by atoms with Crippen LogP contribution in [0.25, 0.3) is 0 Å². The fraction of sp³-hybridized carbons (Fsp3) is 0.667. The van der Waals surface area contributed by atoms with Crippen molar-refractivity contribution >= 4 is 11.5 Å². The van der Waals surface area contributed by atoms with Crippen LogP contribution in [0.4, 0.5) is 11.5 Å². The van der Waals surface area contributed by atoms with Crippen LogP contribution in [0, 0.1) is 0 Å². The van der Waals surface area contributed by atoms with E-state index >= 15 is 0 Å². The predicted molar refractivity (Wildman–Crippen MR) is 71.8 cm³/mol. The third-order valence-electron chi connectivity index (χ3n) is 2.88. The van der Waals surface area contributed by atoms with E-state index in [1.165, 1.54) is 6.33 Å². The first-order valence-electron chi connectivity index (χ1n) is 6.02. The van der Waals surface area contributed by atoms with Crippen LogP contribution in [-0.2, 0) is 0 Å². The number of hydrogen-bond donors (Lipinski definition) is 2. The molecule has 0 atom stereocenters. The van der Waals surface area contributed by atoms with Gasteiger partial charge in [-0.1, -0.05) is 6.92 Å². The fourth-order valence-electron chi connectivity index (χ4n) is 1.34. The lowest BCUT2D eigenvalue weighted by Crippen LogP contribution is -2.45. The molecule has 0 unspecified atom stereocenters. The average Bonchev–Trinajstić information content (AvgIpc) is 2.36. The van der Waals surface area contributed by atoms with Gasteiger partial charge in [0.25, 0.3) is 0 Å². The zero-order chi connectivity index (χ0) is 13.8. The third kappa shape index (κ3) is 3.01. The highest BCUT2D eigenvalue weighted by Crippen LogP contribution is 2.30. The topological polar surface area (TPSA) is 84.5 Å². The Labute approximate surface area is 108 Å². The number of ether oxygens (including phenoxy) is 1. The first-order valence-corrected chi connectivity index (χ1v) is 6.02. The second-order valence-electron chi connectivity index (χ2n) is 4.79. The van der Waals surface area contributed by atoms with Crippen LogP contribution in [-0.4, -0.2) is 40.9 Å². The summed E-state index contributed by atoms with van der Waals surface area (Å²) in [4.78, 5) is 10.0. The van der Waals surface area contributed by atoms with Crippen LogP contribution >= 0.6 is 0 Å². The summed E-state index contributed by atoms with van der Waals surface area (Å²) in [5, 5.41) is 9.37. The number of aliphatic hydroxyl groups is 1. The SMILES string of the molecule is CCCOc1ncnc(N(C)C(C)(C)CO)c1N. The van der Waals surface area contributed by atoms with Gasteiger partial charge in [0.2, 0.25) is 5.88 Å². The molecule has 0 aliphatic rings. The van der Waals surface area contributed by atoms with E-state index in [2.05, 4.69) is 9.97 Å². The smallest absolute Gasteiger partial charge is 0.242 e. The summed E-state index contributed by atoms with van der Waals surface area (Å²) in [5.74, 6) is 0.956. The summed E-state index contributed by atoms with van der Waals surface area (Å²) in [7, 11) is 1.83. The first kappa shape index (κ1) is 14.5. The number of rotatable bonds is 6. The van der Waals surface area contributed by atoms with Crippen molar-refractivity contribution in [3.05, 3.63) is 6.33 Å². The van der Waals surface area contributed by atoms with Crippen LogP contribution in [0.15, 0.2) is 6.33 Å². The normalized spacial score (nSPS) is 11.4. The number of nitrogens with zero attached hydrogens (tertiary/aromatic N) is 3. The molecule has 1 heterocycles. The highest BCUT2D eigenvalue weighted by Gasteiger charge is 2.26. The molecule has 102 valence electrons. The Morgan fingerprint density at radius 2 is 2.11 bits per heavy atom. The van der Waals surface area contributed by atoms with Crippen molar-refractivity contribution in [1.29, 1.82) is 0 Å². The van der Waals surface area contributed by atoms with E-state index in [0.29, 0.717) is 24.0 Å². The summed E-state index contributed by atoms with van der Waals surface area (Å²) in [6.45, 7) is 6.38. The average molecular weight is 254 g/mol. The van der Waals surface area contributed by atoms with Crippen LogP contribution in [0.5, 0.6) is 5.88 Å². The number of hydrogen-bond acceptors (Lipinski definition) is 6. The van der Waals surface area contributed by atoms with Gasteiger partial charge in [0.05, 0.1) is 18.8 Å². The quantitative estimate of drug-likeness (QED) is 0.789. The van der Waals surface area contributed by atoms with Crippen LogP contribution < -0.4 is 15.4 Å². The third-order valence-corrected chi connectivity index (χ3v) is 2.88. The Balaban J connectivity index is 3.03. The van der Waals surface area contributed by atoms with E-state index < -0.39 is 5.54 Å². The summed E-state index contributed by atoms with van der Waals surface area (Å²) in [5.41, 5.74) is 5.95. The zero-order valence-corrected chi connectivity index (χ0v) is 11.5. The van der Waals surface area contributed by atoms with E-state index in [1.54, 1.807) is 0 Å². The molecular weight excluding hydrogens is 232 g/mol. The second kappa shape index (κ2) is 5.86. The maximum Gasteiger partial charge on any atom is 0.242 e. The van der Waals surface area contributed by atoms with E-state index in [9.17, 15) is 5.11 Å². The number of nitrogen functional groups attached to an aromatic ring is 1. The minimum Gasteiger partial charge on any atom is -0.476 e. The maximum atomic E-state index is 9.37. The van der Waals surface area contributed by atoms with Crippen LogP contribution in [0.3, 0.4) is 0 Å². The van der Waals surface area contributed by atoms with Crippen molar-refractivity contribution in [1.82, 2.24) is 9.97 Å². The van der Waals surface area contributed by atoms with Gasteiger partial charge in [-0.2, -0.15) is 4.98 Å². The van der Waals surface area contributed by atoms with E-state index in [0.717, 1.165) is 6.42 Å². The predicted octanol–water partition coefficient (Wildman–Crippen LogP) is 1.05. The van der Waals surface area contributed by atoms with Gasteiger partial charge in [0.15, 0.2) is 5.82 Å². The molecule has 18 heavy (non-hydrogen) atoms. The maximum absolute atomic E-state index is 9.37. The van der Waals surface area contributed by atoms with Gasteiger partial charge in [-0.05, 0) is 20.3 Å². The molecule has 0 radical (unpaired) electrons. The molecule has 0 saturated carbocycles. The van der Waals surface area contributed by atoms with Gasteiger partial charge >= 0.3 is 0 Å². The molecule has 0 aliphatic carbocycles. The molecule has 1 rings (SSSR count). The minimum absolute atomic E-state index is 0.00189. The number of anilines is 2. The van der Waals surface area contributed by atoms with Crippen molar-refractivity contribution in [3.8, 4) is 5.88 Å². The van der Waals surface area contributed by atoms with E-state index in [4.69, 9.17) is 10.5 Å². The summed E-state index contributed by atoms with van der Waals surface area (Å²) >= 11 is 0. The Morgan fingerprint density at radius 3 is 2.67 bits per heavy atom. The lowest BCUT2D eigenvalue weighted by Gasteiger charge is -2.35. The van der Waals surface area contributed by atoms with Gasteiger partial charge in [0, 0.05) is 7.05 Å². The molecule has 0 fully saturated rings. The van der Waals surface area contributed by atoms with Crippen molar-refractivity contribution in [2.45, 2.75) is 32.7 Å². The molecule has 1 aromatic rings. The standard InChI is InChI=1S/C12H22N4O2/c1-5-6-18-11-9(13)10(14-8-15-11)16(4)12(2,3)7-17/h8,17H,5-7,13H2,1-4H3. The minimum atomic E-state index is -0.454. The Morgan fingerprint density at radius 1 is 1.44 bits per heavy atom. The second-order valence-corrected chi connectivity index (χ2v) is 4.79. The summed E-state index contributed by atoms with van der Waals surface area (Å²) < 4.78 is 5.46. The molecule has 0 amide bonds. The first-order chi connectivity index (χ1) is 8.44. The monoisotopic (exact) mass is 254 g/mol. The highest BCUT2D eigenvalue weighted by molar-refractivity contribution is 5.68. The van der Waals surface area contributed by atoms with Crippen LogP contribution in [0.1, 0.15) is 27.2 Å². The Bertz CT molecular complexity index is 396. The molecule has 6 heteroatoms. The molecular formula is C12H22N4O2. The number of nitrogens with two attached hydrogens (primary N) is 1. The molecule has 0 aromatic carbocycles. The summed E-state index contributed by atoms with van der Waals surface area (Å²) in [6, 6.07) is 0. The van der Waals surface area contributed by atoms with Crippen molar-refractivity contribution in [2.75, 3.05) is 30.9 Å². The molecule has 0 saturated heterocycles. The Kier molecular flexibility index (Phi) is 4.72. The molecule has 0 bridgehead atoms. The van der Waals surface area contributed by atoms with E-state index in [1.807, 2.05) is 32.7 Å². The van der Waals surface area contributed by atoms with Gasteiger partial charge in [-0.3, -0.25) is 0 Å². The lowest BCUT2D eigenvalue weighted by atomic mass is 10.1. The van der Waals surface area contributed by atoms with Gasteiger partial charge in [0.1, 0.15) is 12.0 Å². The number of aromatic nitrogens is 2. The largest absolute Gasteiger partial charge is 0.476 e. The van der Waals surface area contributed by atoms with Gasteiger partial charge in [-0.15, -0.1) is 0 Å². The fourth-order valence-corrected chi connectivity index (χ4v) is 1.34. The Hall–Kier alpha value is -1.56.